The van der Waals surface area contributed by atoms with Crippen LogP contribution in [0.15, 0.2) is 22.7 Å². The molecule has 0 amide bonds. The maximum atomic E-state index is 5.83. The lowest BCUT2D eigenvalue weighted by molar-refractivity contribution is 0.0709. The molecule has 20 heavy (non-hydrogen) atoms. The molecule has 0 bridgehead atoms. The predicted molar refractivity (Wildman–Crippen MR) is 82.3 cm³/mol. The molecule has 0 aromatic heterocycles. The molecule has 112 valence electrons. The number of hydrogen-bond acceptors (Lipinski definition) is 4. The number of ether oxygens (including phenoxy) is 3. The van der Waals surface area contributed by atoms with Crippen molar-refractivity contribution in [2.75, 3.05) is 40.1 Å². The van der Waals surface area contributed by atoms with Crippen molar-refractivity contribution in [3.63, 3.8) is 0 Å². The normalized spacial score (nSPS) is 18.2. The topological polar surface area (TPSA) is 39.7 Å². The van der Waals surface area contributed by atoms with E-state index in [1.54, 1.807) is 7.11 Å². The number of nitrogens with one attached hydrogen (secondary N) is 1. The van der Waals surface area contributed by atoms with Gasteiger partial charge in [-0.25, -0.2) is 0 Å². The van der Waals surface area contributed by atoms with E-state index in [0.717, 1.165) is 36.2 Å². The fraction of sp³-hybridized carbons (Fsp3) is 0.600. The Morgan fingerprint density at radius 3 is 3.10 bits per heavy atom. The molecule has 0 unspecified atom stereocenters. The van der Waals surface area contributed by atoms with Gasteiger partial charge >= 0.3 is 0 Å². The molecule has 1 aliphatic rings. The van der Waals surface area contributed by atoms with E-state index in [-0.39, 0.29) is 0 Å². The van der Waals surface area contributed by atoms with Gasteiger partial charge in [-0.1, -0.05) is 12.1 Å². The minimum absolute atomic E-state index is 0.330. The van der Waals surface area contributed by atoms with Gasteiger partial charge in [0, 0.05) is 25.3 Å². The summed E-state index contributed by atoms with van der Waals surface area (Å²) in [6.45, 7) is 3.60. The molecule has 0 spiro atoms. The molecular weight excluding hydrogens is 322 g/mol. The molecule has 5 heteroatoms. The number of halogens is 1. The summed E-state index contributed by atoms with van der Waals surface area (Å²) in [5.74, 6) is 0.975. The van der Waals surface area contributed by atoms with Crippen molar-refractivity contribution in [1.29, 1.82) is 0 Å². The Hall–Kier alpha value is -0.620. The van der Waals surface area contributed by atoms with Crippen molar-refractivity contribution in [2.45, 2.75) is 18.9 Å². The lowest BCUT2D eigenvalue weighted by Crippen LogP contribution is -2.25. The third-order valence-electron chi connectivity index (χ3n) is 3.33. The molecule has 1 aromatic rings. The summed E-state index contributed by atoms with van der Waals surface area (Å²) in [6, 6.07) is 6.54. The van der Waals surface area contributed by atoms with E-state index in [9.17, 15) is 0 Å². The van der Waals surface area contributed by atoms with Gasteiger partial charge in [0.05, 0.1) is 30.9 Å². The van der Waals surface area contributed by atoms with Crippen LogP contribution in [0.25, 0.3) is 0 Å². The van der Waals surface area contributed by atoms with Crippen molar-refractivity contribution in [2.24, 2.45) is 0 Å². The monoisotopic (exact) mass is 343 g/mol. The molecule has 0 aliphatic carbocycles. The Bertz CT molecular complexity index is 414. The zero-order valence-electron chi connectivity index (χ0n) is 11.9. The van der Waals surface area contributed by atoms with Crippen LogP contribution < -0.4 is 10.1 Å². The van der Waals surface area contributed by atoms with Gasteiger partial charge in [-0.2, -0.15) is 0 Å². The van der Waals surface area contributed by atoms with E-state index in [4.69, 9.17) is 14.2 Å². The summed E-state index contributed by atoms with van der Waals surface area (Å²) in [7, 11) is 1.68. The number of benzene rings is 1. The van der Waals surface area contributed by atoms with Gasteiger partial charge in [0.2, 0.25) is 0 Å². The molecule has 1 heterocycles. The smallest absolute Gasteiger partial charge is 0.138 e. The van der Waals surface area contributed by atoms with Gasteiger partial charge in [0.25, 0.3) is 0 Å². The largest absolute Gasteiger partial charge is 0.492 e. The summed E-state index contributed by atoms with van der Waals surface area (Å²) in [4.78, 5) is 0. The second kappa shape index (κ2) is 8.62. The second-order valence-electron chi connectivity index (χ2n) is 4.76. The third-order valence-corrected chi connectivity index (χ3v) is 3.95. The van der Waals surface area contributed by atoms with Gasteiger partial charge in [0.1, 0.15) is 5.75 Å². The maximum Gasteiger partial charge on any atom is 0.138 e. The van der Waals surface area contributed by atoms with Crippen molar-refractivity contribution in [1.82, 2.24) is 5.32 Å². The Balaban J connectivity index is 1.87. The van der Waals surface area contributed by atoms with Crippen molar-refractivity contribution >= 4 is 15.9 Å². The summed E-state index contributed by atoms with van der Waals surface area (Å²) in [5.41, 5.74) is 1.23. The minimum Gasteiger partial charge on any atom is -0.492 e. The number of para-hydroxylation sites is 1. The van der Waals surface area contributed by atoms with E-state index >= 15 is 0 Å². The van der Waals surface area contributed by atoms with Gasteiger partial charge in [-0.15, -0.1) is 0 Å². The Morgan fingerprint density at radius 2 is 2.25 bits per heavy atom. The lowest BCUT2D eigenvalue weighted by atomic mass is 10.0. The van der Waals surface area contributed by atoms with Crippen LogP contribution in [0.3, 0.4) is 0 Å². The average molecular weight is 344 g/mol. The maximum absolute atomic E-state index is 5.83. The number of fused-ring (bicyclic) bond motifs is 1. The van der Waals surface area contributed by atoms with Crippen LogP contribution in [-0.2, 0) is 9.47 Å². The quantitative estimate of drug-likeness (QED) is 0.772. The molecule has 0 saturated carbocycles. The highest BCUT2D eigenvalue weighted by Gasteiger charge is 2.20. The Labute approximate surface area is 128 Å². The first kappa shape index (κ1) is 15.8. The third kappa shape index (κ3) is 4.45. The number of rotatable bonds is 7. The fourth-order valence-corrected chi connectivity index (χ4v) is 2.83. The van der Waals surface area contributed by atoms with E-state index in [1.165, 1.54) is 5.56 Å². The van der Waals surface area contributed by atoms with Gasteiger partial charge < -0.3 is 19.5 Å². The molecule has 1 aromatic carbocycles. The van der Waals surface area contributed by atoms with Crippen LogP contribution in [-0.4, -0.2) is 40.1 Å². The predicted octanol–water partition coefficient (Wildman–Crippen LogP) is 2.92. The molecule has 0 saturated heterocycles. The van der Waals surface area contributed by atoms with Crippen LogP contribution in [0.2, 0.25) is 0 Å². The Kier molecular flexibility index (Phi) is 6.79. The van der Waals surface area contributed by atoms with Crippen molar-refractivity contribution in [3.8, 4) is 5.75 Å². The molecule has 1 N–H and O–H groups in total. The first-order chi connectivity index (χ1) is 9.83. The highest BCUT2D eigenvalue weighted by Crippen LogP contribution is 2.36. The summed E-state index contributed by atoms with van der Waals surface area (Å²) < 4.78 is 17.3. The van der Waals surface area contributed by atoms with E-state index in [1.807, 2.05) is 6.07 Å². The molecule has 2 rings (SSSR count). The summed E-state index contributed by atoms with van der Waals surface area (Å²) in [5, 5.41) is 3.56. The van der Waals surface area contributed by atoms with Gasteiger partial charge in [0.15, 0.2) is 0 Å². The van der Waals surface area contributed by atoms with Crippen LogP contribution in [0.4, 0.5) is 0 Å². The Morgan fingerprint density at radius 1 is 1.35 bits per heavy atom. The molecule has 0 radical (unpaired) electrons. The van der Waals surface area contributed by atoms with Crippen LogP contribution in [0.5, 0.6) is 5.75 Å². The first-order valence-corrected chi connectivity index (χ1v) is 7.83. The van der Waals surface area contributed by atoms with Crippen LogP contribution >= 0.6 is 15.9 Å². The number of hydrogen-bond donors (Lipinski definition) is 1. The van der Waals surface area contributed by atoms with Crippen molar-refractivity contribution in [3.05, 3.63) is 28.2 Å². The average Bonchev–Trinajstić information content (AvgIpc) is 2.66. The van der Waals surface area contributed by atoms with Gasteiger partial charge in [-0.05, 0) is 34.8 Å². The molecule has 0 fully saturated rings. The van der Waals surface area contributed by atoms with Crippen molar-refractivity contribution < 1.29 is 14.2 Å². The number of methoxy groups -OCH3 is 1. The van der Waals surface area contributed by atoms with E-state index in [0.29, 0.717) is 25.9 Å². The zero-order valence-corrected chi connectivity index (χ0v) is 13.4. The fourth-order valence-electron chi connectivity index (χ4n) is 2.33. The molecule has 1 aliphatic heterocycles. The van der Waals surface area contributed by atoms with Crippen LogP contribution in [0.1, 0.15) is 24.4 Å². The zero-order chi connectivity index (χ0) is 14.2. The molecular formula is C15H22BrNO3. The molecule has 1 atom stereocenters. The summed E-state index contributed by atoms with van der Waals surface area (Å²) >= 11 is 3.56. The second-order valence-corrected chi connectivity index (χ2v) is 5.62. The SMILES string of the molecule is COCCOCCN[C@@H]1CCCOc2c(Br)cccc21. The van der Waals surface area contributed by atoms with Gasteiger partial charge in [-0.3, -0.25) is 0 Å². The first-order valence-electron chi connectivity index (χ1n) is 7.04. The van der Waals surface area contributed by atoms with E-state index < -0.39 is 0 Å². The van der Waals surface area contributed by atoms with E-state index in [2.05, 4.69) is 33.4 Å². The minimum atomic E-state index is 0.330. The highest BCUT2D eigenvalue weighted by molar-refractivity contribution is 9.10. The highest BCUT2D eigenvalue weighted by atomic mass is 79.9. The lowest BCUT2D eigenvalue weighted by Gasteiger charge is -2.19. The van der Waals surface area contributed by atoms with Crippen LogP contribution in [0, 0.1) is 0 Å². The summed E-state index contributed by atoms with van der Waals surface area (Å²) in [6.07, 6.45) is 2.14. The molecule has 4 nitrogen and oxygen atoms in total. The standard InChI is InChI=1S/C15H22BrNO3/c1-18-10-11-19-9-7-17-14-6-3-8-20-15-12(14)4-2-5-13(15)16/h2,4-5,14,17H,3,6-11H2,1H3/t14-/m1/s1.